The van der Waals surface area contributed by atoms with Crippen LogP contribution in [0.2, 0.25) is 0 Å². The van der Waals surface area contributed by atoms with Gasteiger partial charge in [-0.1, -0.05) is 30.3 Å². The molecule has 37 heavy (non-hydrogen) atoms. The van der Waals surface area contributed by atoms with Gasteiger partial charge in [0, 0.05) is 12.0 Å². The first kappa shape index (κ1) is 24.7. The monoisotopic (exact) mass is 511 g/mol. The molecule has 3 atom stereocenters. The minimum Gasteiger partial charge on any atom is -0.493 e. The first-order valence-electron chi connectivity index (χ1n) is 11.8. The normalized spacial score (nSPS) is 20.2. The summed E-state index contributed by atoms with van der Waals surface area (Å²) in [5.74, 6) is -1.36. The Morgan fingerprint density at radius 3 is 2.54 bits per heavy atom. The number of fused-ring (bicyclic) bond motifs is 3. The third-order valence-electron chi connectivity index (χ3n) is 7.02. The van der Waals surface area contributed by atoms with Gasteiger partial charge in [0.2, 0.25) is 5.91 Å². The zero-order chi connectivity index (χ0) is 26.3. The summed E-state index contributed by atoms with van der Waals surface area (Å²) in [5, 5.41) is 12.2. The minimum atomic E-state index is -4.58. The molecular weight excluding hydrogens is 487 g/mol. The lowest BCUT2D eigenvalue weighted by molar-refractivity contribution is -0.138. The maximum absolute atomic E-state index is 13.6. The SMILES string of the molecule is COc1ccc(CC(=O)O)cc1Oc1ccc(C(F)(F)F)cc1C[C@H]1C(=O)N[C@H]2Cc3ccccc3C21. The van der Waals surface area contributed by atoms with Crippen molar-refractivity contribution in [1.29, 1.82) is 0 Å². The summed E-state index contributed by atoms with van der Waals surface area (Å²) in [7, 11) is 1.41. The molecule has 1 heterocycles. The molecule has 6 nitrogen and oxygen atoms in total. The highest BCUT2D eigenvalue weighted by atomic mass is 19.4. The standard InChI is InChI=1S/C28H24F3NO5/c1-36-23-8-6-15(11-25(33)34)10-24(23)37-22-9-7-18(28(29,30)31)12-17(22)13-20-26-19-5-3-2-4-16(19)14-21(26)32-27(20)35/h2-10,12,20-21,26H,11,13-14H2,1H3,(H,32,35)(H,33,34)/t20-,21+,26?/m1/s1. The number of alkyl halides is 3. The van der Waals surface area contributed by atoms with Crippen molar-refractivity contribution in [3.05, 3.63) is 88.5 Å². The minimum absolute atomic E-state index is 0.0394. The van der Waals surface area contributed by atoms with Gasteiger partial charge >= 0.3 is 12.1 Å². The summed E-state index contributed by atoms with van der Waals surface area (Å²) in [4.78, 5) is 24.1. The molecule has 1 aliphatic carbocycles. The van der Waals surface area contributed by atoms with Crippen molar-refractivity contribution in [3.8, 4) is 17.2 Å². The second kappa shape index (κ2) is 9.46. The molecule has 1 fully saturated rings. The summed E-state index contributed by atoms with van der Waals surface area (Å²) in [6.07, 6.45) is -4.11. The highest BCUT2D eigenvalue weighted by Crippen LogP contribution is 2.45. The molecule has 9 heteroatoms. The average Bonchev–Trinajstić information content (AvgIpc) is 3.34. The Bertz CT molecular complexity index is 1370. The number of carboxylic acid groups (broad SMARTS) is 1. The molecule has 0 bridgehead atoms. The van der Waals surface area contributed by atoms with Gasteiger partial charge in [-0.2, -0.15) is 13.2 Å². The molecular formula is C28H24F3NO5. The summed E-state index contributed by atoms with van der Waals surface area (Å²) in [6, 6.07) is 15.5. The van der Waals surface area contributed by atoms with Crippen LogP contribution in [-0.2, 0) is 35.0 Å². The molecule has 0 radical (unpaired) electrons. The van der Waals surface area contributed by atoms with Gasteiger partial charge in [-0.05, 0) is 65.4 Å². The molecule has 1 unspecified atom stereocenters. The highest BCUT2D eigenvalue weighted by molar-refractivity contribution is 5.84. The van der Waals surface area contributed by atoms with Crippen LogP contribution in [-0.4, -0.2) is 30.1 Å². The van der Waals surface area contributed by atoms with E-state index in [2.05, 4.69) is 5.32 Å². The van der Waals surface area contributed by atoms with Crippen molar-refractivity contribution in [2.45, 2.75) is 37.4 Å². The molecule has 0 aromatic heterocycles. The van der Waals surface area contributed by atoms with E-state index in [-0.39, 0.29) is 47.8 Å². The van der Waals surface area contributed by atoms with Gasteiger partial charge in [-0.25, -0.2) is 0 Å². The van der Waals surface area contributed by atoms with Crippen LogP contribution in [0.15, 0.2) is 60.7 Å². The molecule has 192 valence electrons. The number of halogens is 3. The maximum atomic E-state index is 13.6. The van der Waals surface area contributed by atoms with Crippen molar-refractivity contribution >= 4 is 11.9 Å². The van der Waals surface area contributed by atoms with Crippen molar-refractivity contribution in [2.75, 3.05) is 7.11 Å². The molecule has 5 rings (SSSR count). The largest absolute Gasteiger partial charge is 0.493 e. The number of carboxylic acids is 1. The quantitative estimate of drug-likeness (QED) is 0.460. The number of nitrogens with one attached hydrogen (secondary N) is 1. The molecule has 0 saturated carbocycles. The second-order valence-electron chi connectivity index (χ2n) is 9.33. The van der Waals surface area contributed by atoms with Crippen molar-refractivity contribution in [1.82, 2.24) is 5.32 Å². The summed E-state index contributed by atoms with van der Waals surface area (Å²) in [6.45, 7) is 0. The molecule has 2 N–H and O–H groups in total. The van der Waals surface area contributed by atoms with E-state index in [1.807, 2.05) is 24.3 Å². The number of benzene rings is 3. The Labute approximate surface area is 211 Å². The van der Waals surface area contributed by atoms with Gasteiger partial charge in [-0.15, -0.1) is 0 Å². The number of amides is 1. The number of methoxy groups -OCH3 is 1. The van der Waals surface area contributed by atoms with Gasteiger partial charge in [-0.3, -0.25) is 9.59 Å². The van der Waals surface area contributed by atoms with Crippen LogP contribution in [0.3, 0.4) is 0 Å². The van der Waals surface area contributed by atoms with Gasteiger partial charge in [0.1, 0.15) is 5.75 Å². The van der Waals surface area contributed by atoms with Crippen LogP contribution >= 0.6 is 0 Å². The topological polar surface area (TPSA) is 84.9 Å². The fourth-order valence-corrected chi connectivity index (χ4v) is 5.39. The molecule has 3 aromatic rings. The molecule has 1 amide bonds. The predicted molar refractivity (Wildman–Crippen MR) is 128 cm³/mol. The Hall–Kier alpha value is -4.01. The summed E-state index contributed by atoms with van der Waals surface area (Å²) in [5.41, 5.74) is 1.99. The first-order chi connectivity index (χ1) is 17.6. The second-order valence-corrected chi connectivity index (χ2v) is 9.33. The number of hydrogen-bond donors (Lipinski definition) is 2. The van der Waals surface area contributed by atoms with E-state index in [9.17, 15) is 22.8 Å². The number of ether oxygens (including phenoxy) is 2. The Kier molecular flexibility index (Phi) is 6.31. The fourth-order valence-electron chi connectivity index (χ4n) is 5.39. The van der Waals surface area contributed by atoms with Crippen LogP contribution in [0.1, 0.15) is 33.7 Å². The zero-order valence-electron chi connectivity index (χ0n) is 19.8. The van der Waals surface area contributed by atoms with Crippen LogP contribution in [0.25, 0.3) is 0 Å². The molecule has 2 aliphatic rings. The van der Waals surface area contributed by atoms with E-state index in [1.165, 1.54) is 19.2 Å². The smallest absolute Gasteiger partial charge is 0.416 e. The molecule has 1 saturated heterocycles. The van der Waals surface area contributed by atoms with E-state index < -0.39 is 23.6 Å². The molecule has 3 aromatic carbocycles. The Morgan fingerprint density at radius 1 is 1.05 bits per heavy atom. The van der Waals surface area contributed by atoms with Gasteiger partial charge in [0.05, 0.1) is 25.0 Å². The summed E-state index contributed by atoms with van der Waals surface area (Å²) < 4.78 is 52.2. The van der Waals surface area contributed by atoms with E-state index in [0.717, 1.165) is 23.3 Å². The van der Waals surface area contributed by atoms with E-state index in [1.54, 1.807) is 12.1 Å². The van der Waals surface area contributed by atoms with Crippen LogP contribution in [0.4, 0.5) is 13.2 Å². The summed E-state index contributed by atoms with van der Waals surface area (Å²) >= 11 is 0. The first-order valence-corrected chi connectivity index (χ1v) is 11.8. The average molecular weight is 511 g/mol. The number of rotatable bonds is 7. The molecule has 0 spiro atoms. The third kappa shape index (κ3) is 4.85. The number of aliphatic carboxylic acids is 1. The highest BCUT2D eigenvalue weighted by Gasteiger charge is 2.47. The van der Waals surface area contributed by atoms with E-state index >= 15 is 0 Å². The Morgan fingerprint density at radius 2 is 1.81 bits per heavy atom. The number of hydrogen-bond acceptors (Lipinski definition) is 4. The van der Waals surface area contributed by atoms with E-state index in [0.29, 0.717) is 17.7 Å². The fraction of sp³-hybridized carbons (Fsp3) is 0.286. The third-order valence-corrected chi connectivity index (χ3v) is 7.02. The van der Waals surface area contributed by atoms with E-state index in [4.69, 9.17) is 14.6 Å². The van der Waals surface area contributed by atoms with Crippen LogP contribution in [0.5, 0.6) is 17.2 Å². The molecule has 1 aliphatic heterocycles. The lowest BCUT2D eigenvalue weighted by Gasteiger charge is -2.21. The van der Waals surface area contributed by atoms with Gasteiger partial charge in [0.15, 0.2) is 11.5 Å². The van der Waals surface area contributed by atoms with Crippen molar-refractivity contribution < 1.29 is 37.3 Å². The lowest BCUT2D eigenvalue weighted by atomic mass is 9.83. The van der Waals surface area contributed by atoms with Crippen molar-refractivity contribution in [2.24, 2.45) is 5.92 Å². The van der Waals surface area contributed by atoms with Gasteiger partial charge < -0.3 is 19.9 Å². The number of carbonyl (C=O) groups is 2. The predicted octanol–water partition coefficient (Wildman–Crippen LogP) is 5.13. The van der Waals surface area contributed by atoms with Gasteiger partial charge in [0.25, 0.3) is 0 Å². The lowest BCUT2D eigenvalue weighted by Crippen LogP contribution is -2.27. The zero-order valence-corrected chi connectivity index (χ0v) is 19.8. The van der Waals surface area contributed by atoms with Crippen LogP contribution in [0, 0.1) is 5.92 Å². The number of carbonyl (C=O) groups excluding carboxylic acids is 1. The Balaban J connectivity index is 1.53. The van der Waals surface area contributed by atoms with Crippen LogP contribution < -0.4 is 14.8 Å². The maximum Gasteiger partial charge on any atom is 0.416 e. The van der Waals surface area contributed by atoms with Crippen molar-refractivity contribution in [3.63, 3.8) is 0 Å².